The van der Waals surface area contributed by atoms with Gasteiger partial charge in [0.05, 0.1) is 5.69 Å². The van der Waals surface area contributed by atoms with Gasteiger partial charge in [-0.3, -0.25) is 4.68 Å². The van der Waals surface area contributed by atoms with Crippen LogP contribution in [0.2, 0.25) is 0 Å². The van der Waals surface area contributed by atoms with Crippen LogP contribution in [0.5, 0.6) is 0 Å². The Morgan fingerprint density at radius 1 is 1.36 bits per heavy atom. The summed E-state index contributed by atoms with van der Waals surface area (Å²) in [4.78, 5) is 2.02. The SMILES string of the molecule is CN(C)c1cc(N)cc2cn(C)nc12. The summed E-state index contributed by atoms with van der Waals surface area (Å²) in [6.45, 7) is 0. The van der Waals surface area contributed by atoms with Crippen LogP contribution >= 0.6 is 0 Å². The Labute approximate surface area is 82.9 Å². The molecule has 4 nitrogen and oxygen atoms in total. The van der Waals surface area contributed by atoms with Crippen LogP contribution in [0.4, 0.5) is 11.4 Å². The largest absolute Gasteiger partial charge is 0.399 e. The highest BCUT2D eigenvalue weighted by atomic mass is 15.3. The zero-order valence-corrected chi connectivity index (χ0v) is 8.65. The molecule has 0 bridgehead atoms. The van der Waals surface area contributed by atoms with Crippen molar-refractivity contribution in [1.82, 2.24) is 9.78 Å². The van der Waals surface area contributed by atoms with E-state index in [0.717, 1.165) is 22.3 Å². The molecule has 0 fully saturated rings. The molecule has 74 valence electrons. The number of nitrogens with zero attached hydrogens (tertiary/aromatic N) is 3. The van der Waals surface area contributed by atoms with Crippen LogP contribution in [0.1, 0.15) is 0 Å². The molecule has 2 aromatic rings. The molecule has 0 unspecified atom stereocenters. The summed E-state index contributed by atoms with van der Waals surface area (Å²) in [5.74, 6) is 0. The van der Waals surface area contributed by atoms with E-state index in [2.05, 4.69) is 5.10 Å². The van der Waals surface area contributed by atoms with Gasteiger partial charge < -0.3 is 10.6 Å². The minimum Gasteiger partial charge on any atom is -0.399 e. The van der Waals surface area contributed by atoms with E-state index in [-0.39, 0.29) is 0 Å². The highest BCUT2D eigenvalue weighted by Crippen LogP contribution is 2.26. The van der Waals surface area contributed by atoms with E-state index in [0.29, 0.717) is 0 Å². The number of hydrogen-bond donors (Lipinski definition) is 1. The third-order valence-electron chi connectivity index (χ3n) is 2.21. The van der Waals surface area contributed by atoms with Gasteiger partial charge >= 0.3 is 0 Å². The first-order valence-corrected chi connectivity index (χ1v) is 4.48. The molecule has 0 aliphatic carbocycles. The molecule has 14 heavy (non-hydrogen) atoms. The molecule has 1 heterocycles. The van der Waals surface area contributed by atoms with Crippen molar-refractivity contribution < 1.29 is 0 Å². The maximum Gasteiger partial charge on any atom is 0.116 e. The molecular formula is C10H14N4. The number of aryl methyl sites for hydroxylation is 1. The van der Waals surface area contributed by atoms with Crippen molar-refractivity contribution in [1.29, 1.82) is 0 Å². The average molecular weight is 190 g/mol. The van der Waals surface area contributed by atoms with E-state index < -0.39 is 0 Å². The van der Waals surface area contributed by atoms with E-state index in [1.807, 2.05) is 44.4 Å². The Bertz CT molecular complexity index is 470. The lowest BCUT2D eigenvalue weighted by Gasteiger charge is -2.13. The molecule has 0 spiro atoms. The number of rotatable bonds is 1. The van der Waals surface area contributed by atoms with Crippen LogP contribution in [0.15, 0.2) is 18.3 Å². The standard InChI is InChI=1S/C10H14N4/c1-13(2)9-5-8(11)4-7-6-14(3)12-10(7)9/h4-6H,11H2,1-3H3. The van der Waals surface area contributed by atoms with Gasteiger partial charge in [-0.25, -0.2) is 0 Å². The highest BCUT2D eigenvalue weighted by Gasteiger charge is 2.07. The predicted molar refractivity (Wildman–Crippen MR) is 59.5 cm³/mol. The van der Waals surface area contributed by atoms with E-state index in [9.17, 15) is 0 Å². The van der Waals surface area contributed by atoms with E-state index in [1.165, 1.54) is 0 Å². The number of aromatic nitrogens is 2. The molecule has 0 amide bonds. The lowest BCUT2D eigenvalue weighted by atomic mass is 10.2. The number of fused-ring (bicyclic) bond motifs is 1. The second kappa shape index (κ2) is 2.90. The van der Waals surface area contributed by atoms with Crippen LogP contribution in [-0.2, 0) is 7.05 Å². The number of hydrogen-bond acceptors (Lipinski definition) is 3. The minimum absolute atomic E-state index is 0.772. The molecule has 0 radical (unpaired) electrons. The van der Waals surface area contributed by atoms with Gasteiger partial charge in [0.25, 0.3) is 0 Å². The quantitative estimate of drug-likeness (QED) is 0.688. The fourth-order valence-corrected chi connectivity index (χ4v) is 1.60. The summed E-state index contributed by atoms with van der Waals surface area (Å²) in [7, 11) is 5.89. The highest BCUT2D eigenvalue weighted by molar-refractivity contribution is 5.93. The molecule has 1 aromatic heterocycles. The van der Waals surface area contributed by atoms with Crippen LogP contribution in [0, 0.1) is 0 Å². The van der Waals surface area contributed by atoms with Crippen molar-refractivity contribution in [2.45, 2.75) is 0 Å². The topological polar surface area (TPSA) is 47.1 Å². The Kier molecular flexibility index (Phi) is 1.84. The number of nitrogen functional groups attached to an aromatic ring is 1. The summed E-state index contributed by atoms with van der Waals surface area (Å²) in [5.41, 5.74) is 8.63. The van der Waals surface area contributed by atoms with E-state index in [1.54, 1.807) is 4.68 Å². The fraction of sp³-hybridized carbons (Fsp3) is 0.300. The normalized spacial score (nSPS) is 10.8. The van der Waals surface area contributed by atoms with Crippen molar-refractivity contribution in [2.24, 2.45) is 7.05 Å². The Balaban J connectivity index is 2.79. The second-order valence-corrected chi connectivity index (χ2v) is 3.68. The number of benzene rings is 1. The van der Waals surface area contributed by atoms with Gasteiger partial charge in [-0.1, -0.05) is 0 Å². The lowest BCUT2D eigenvalue weighted by Crippen LogP contribution is -2.09. The Morgan fingerprint density at radius 2 is 2.07 bits per heavy atom. The monoisotopic (exact) mass is 190 g/mol. The molecule has 0 aliphatic rings. The van der Waals surface area contributed by atoms with Gasteiger partial charge in [0, 0.05) is 38.4 Å². The first kappa shape index (κ1) is 8.87. The third kappa shape index (κ3) is 1.28. The first-order valence-electron chi connectivity index (χ1n) is 4.48. The minimum atomic E-state index is 0.772. The molecule has 2 N–H and O–H groups in total. The summed E-state index contributed by atoms with van der Waals surface area (Å²) in [6.07, 6.45) is 1.97. The van der Waals surface area contributed by atoms with Crippen molar-refractivity contribution >= 4 is 22.3 Å². The maximum absolute atomic E-state index is 5.81. The predicted octanol–water partition coefficient (Wildman–Crippen LogP) is 1.22. The van der Waals surface area contributed by atoms with Crippen LogP contribution in [0.3, 0.4) is 0 Å². The molecule has 0 saturated carbocycles. The van der Waals surface area contributed by atoms with Crippen molar-refractivity contribution in [2.75, 3.05) is 24.7 Å². The molecule has 1 aromatic carbocycles. The first-order chi connectivity index (χ1) is 6.58. The van der Waals surface area contributed by atoms with Gasteiger partial charge in [0.1, 0.15) is 5.52 Å². The van der Waals surface area contributed by atoms with Crippen molar-refractivity contribution in [3.05, 3.63) is 18.3 Å². The molecular weight excluding hydrogens is 176 g/mol. The maximum atomic E-state index is 5.81. The second-order valence-electron chi connectivity index (χ2n) is 3.68. The molecule has 2 rings (SSSR count). The third-order valence-corrected chi connectivity index (χ3v) is 2.21. The summed E-state index contributed by atoms with van der Waals surface area (Å²) < 4.78 is 1.80. The van der Waals surface area contributed by atoms with Crippen molar-refractivity contribution in [3.63, 3.8) is 0 Å². The smallest absolute Gasteiger partial charge is 0.116 e. The lowest BCUT2D eigenvalue weighted by molar-refractivity contribution is 0.779. The molecule has 0 atom stereocenters. The van der Waals surface area contributed by atoms with E-state index in [4.69, 9.17) is 5.73 Å². The fourth-order valence-electron chi connectivity index (χ4n) is 1.60. The van der Waals surface area contributed by atoms with Gasteiger partial charge in [-0.15, -0.1) is 0 Å². The summed E-state index contributed by atoms with van der Waals surface area (Å²) in [6, 6.07) is 3.88. The van der Waals surface area contributed by atoms with Gasteiger partial charge in [0.2, 0.25) is 0 Å². The average Bonchev–Trinajstić information content (AvgIpc) is 2.42. The zero-order valence-electron chi connectivity index (χ0n) is 8.65. The van der Waals surface area contributed by atoms with Crippen LogP contribution < -0.4 is 10.6 Å². The zero-order chi connectivity index (χ0) is 10.3. The molecule has 0 saturated heterocycles. The Hall–Kier alpha value is -1.71. The number of nitrogens with two attached hydrogens (primary N) is 1. The Morgan fingerprint density at radius 3 is 2.71 bits per heavy atom. The molecule has 0 aliphatic heterocycles. The van der Waals surface area contributed by atoms with Crippen molar-refractivity contribution in [3.8, 4) is 0 Å². The van der Waals surface area contributed by atoms with Gasteiger partial charge in [-0.2, -0.15) is 5.10 Å². The van der Waals surface area contributed by atoms with Gasteiger partial charge in [0.15, 0.2) is 0 Å². The van der Waals surface area contributed by atoms with Gasteiger partial charge in [-0.05, 0) is 12.1 Å². The van der Waals surface area contributed by atoms with E-state index >= 15 is 0 Å². The number of anilines is 2. The van der Waals surface area contributed by atoms with Crippen LogP contribution in [-0.4, -0.2) is 23.9 Å². The van der Waals surface area contributed by atoms with Crippen LogP contribution in [0.25, 0.3) is 10.9 Å². The summed E-state index contributed by atoms with van der Waals surface area (Å²) in [5, 5.41) is 5.47. The summed E-state index contributed by atoms with van der Waals surface area (Å²) >= 11 is 0. The molecule has 4 heteroatoms.